The zero-order valence-electron chi connectivity index (χ0n) is 16.8. The maximum absolute atomic E-state index is 12.6. The van der Waals surface area contributed by atoms with E-state index < -0.39 is 4.92 Å². The molecular formula is C22H22N3O5. The van der Waals surface area contributed by atoms with Gasteiger partial charge >= 0.3 is 0 Å². The third kappa shape index (κ3) is 4.65. The fraction of sp³-hybridized carbons (Fsp3) is 0.273. The second-order valence-corrected chi connectivity index (χ2v) is 6.81. The molecule has 0 aliphatic carbocycles. The molecule has 1 aliphatic rings. The number of nitrogens with zero attached hydrogens (tertiary/aromatic N) is 3. The molecule has 1 saturated heterocycles. The van der Waals surface area contributed by atoms with Crippen molar-refractivity contribution in [1.82, 2.24) is 9.80 Å². The second kappa shape index (κ2) is 9.21. The van der Waals surface area contributed by atoms with E-state index in [2.05, 4.69) is 6.07 Å². The van der Waals surface area contributed by atoms with Crippen molar-refractivity contribution < 1.29 is 19.2 Å². The van der Waals surface area contributed by atoms with Crippen LogP contribution in [0.1, 0.15) is 12.5 Å². The first kappa shape index (κ1) is 21.0. The summed E-state index contributed by atoms with van der Waals surface area (Å²) < 4.78 is 5.15. The summed E-state index contributed by atoms with van der Waals surface area (Å²) >= 11 is 0. The summed E-state index contributed by atoms with van der Waals surface area (Å²) in [5.41, 5.74) is 1.39. The summed E-state index contributed by atoms with van der Waals surface area (Å²) in [7, 11) is 1.55. The lowest BCUT2D eigenvalue weighted by molar-refractivity contribution is -0.384. The quantitative estimate of drug-likeness (QED) is 0.431. The van der Waals surface area contributed by atoms with Crippen LogP contribution in [-0.4, -0.2) is 59.8 Å². The Balaban J connectivity index is 1.86. The van der Waals surface area contributed by atoms with Gasteiger partial charge in [-0.3, -0.25) is 19.7 Å². The first-order valence-electron chi connectivity index (χ1n) is 9.46. The predicted molar refractivity (Wildman–Crippen MR) is 112 cm³/mol. The van der Waals surface area contributed by atoms with Crippen LogP contribution in [0.2, 0.25) is 0 Å². The third-order valence-corrected chi connectivity index (χ3v) is 5.01. The summed E-state index contributed by atoms with van der Waals surface area (Å²) in [6, 6.07) is 12.7. The monoisotopic (exact) mass is 408 g/mol. The number of carbonyl (C=O) groups is 2. The molecule has 2 aromatic rings. The van der Waals surface area contributed by atoms with Crippen LogP contribution >= 0.6 is 0 Å². The number of amides is 2. The average Bonchev–Trinajstić information content (AvgIpc) is 2.77. The first-order chi connectivity index (χ1) is 14.4. The molecule has 3 rings (SSSR count). The molecule has 0 bridgehead atoms. The Bertz CT molecular complexity index is 977. The molecule has 0 unspecified atom stereocenters. The molecule has 0 saturated carbocycles. The van der Waals surface area contributed by atoms with Gasteiger partial charge in [-0.15, -0.1) is 0 Å². The molecule has 1 aliphatic heterocycles. The van der Waals surface area contributed by atoms with E-state index in [9.17, 15) is 19.7 Å². The smallest absolute Gasteiger partial charge is 0.285 e. The van der Waals surface area contributed by atoms with E-state index in [1.165, 1.54) is 19.1 Å². The van der Waals surface area contributed by atoms with E-state index in [0.29, 0.717) is 48.6 Å². The van der Waals surface area contributed by atoms with Crippen molar-refractivity contribution in [2.75, 3.05) is 33.3 Å². The van der Waals surface area contributed by atoms with Crippen molar-refractivity contribution in [3.8, 4) is 16.9 Å². The van der Waals surface area contributed by atoms with Gasteiger partial charge in [-0.25, -0.2) is 0 Å². The molecule has 0 atom stereocenters. The van der Waals surface area contributed by atoms with Crippen LogP contribution in [-0.2, 0) is 9.59 Å². The molecule has 0 aromatic heterocycles. The molecule has 0 spiro atoms. The Kier molecular flexibility index (Phi) is 6.46. The summed E-state index contributed by atoms with van der Waals surface area (Å²) in [5, 5.41) is 11.6. The average molecular weight is 408 g/mol. The first-order valence-corrected chi connectivity index (χ1v) is 9.46. The minimum absolute atomic E-state index is 0.00498. The van der Waals surface area contributed by atoms with Crippen molar-refractivity contribution in [2.45, 2.75) is 6.92 Å². The molecule has 1 heterocycles. The Labute approximate surface area is 174 Å². The molecule has 8 heteroatoms. The number of ether oxygens (including phenoxy) is 1. The standard InChI is InChI=1S/C22H22N3O5/c1-16(26)23-12-14-24(15-13-23)21(27)11-8-17-4-3-5-20(25(28)29)22(17)18-6-9-19(30-2)10-7-18/h3-4,6-11H,12-15H2,1-2H3/b11-8+. The van der Waals surface area contributed by atoms with Gasteiger partial charge in [-0.05, 0) is 35.4 Å². The van der Waals surface area contributed by atoms with Crippen molar-refractivity contribution in [2.24, 2.45) is 0 Å². The molecular weight excluding hydrogens is 386 g/mol. The second-order valence-electron chi connectivity index (χ2n) is 6.81. The topological polar surface area (TPSA) is 93.0 Å². The Morgan fingerprint density at radius 1 is 1.10 bits per heavy atom. The van der Waals surface area contributed by atoms with Gasteiger partial charge in [0, 0.05) is 39.2 Å². The number of methoxy groups -OCH3 is 1. The van der Waals surface area contributed by atoms with Crippen LogP contribution in [0.4, 0.5) is 5.69 Å². The van der Waals surface area contributed by atoms with Gasteiger partial charge in [-0.2, -0.15) is 0 Å². The number of piperazine rings is 1. The van der Waals surface area contributed by atoms with Crippen molar-refractivity contribution in [3.05, 3.63) is 64.2 Å². The molecule has 0 N–H and O–H groups in total. The van der Waals surface area contributed by atoms with Crippen molar-refractivity contribution in [1.29, 1.82) is 0 Å². The summed E-state index contributed by atoms with van der Waals surface area (Å²) in [5.74, 6) is 0.433. The molecule has 8 nitrogen and oxygen atoms in total. The lowest BCUT2D eigenvalue weighted by atomic mass is 9.97. The zero-order chi connectivity index (χ0) is 21.7. The van der Waals surface area contributed by atoms with Gasteiger partial charge in [0.15, 0.2) is 0 Å². The van der Waals surface area contributed by atoms with E-state index in [4.69, 9.17) is 4.74 Å². The van der Waals surface area contributed by atoms with E-state index in [1.807, 2.05) is 0 Å². The van der Waals surface area contributed by atoms with Gasteiger partial charge < -0.3 is 14.5 Å². The Morgan fingerprint density at radius 2 is 1.73 bits per heavy atom. The molecule has 30 heavy (non-hydrogen) atoms. The van der Waals surface area contributed by atoms with Gasteiger partial charge in [-0.1, -0.05) is 18.2 Å². The zero-order valence-corrected chi connectivity index (χ0v) is 16.8. The van der Waals surface area contributed by atoms with Crippen LogP contribution in [0.3, 0.4) is 0 Å². The van der Waals surface area contributed by atoms with Gasteiger partial charge in [0.1, 0.15) is 5.75 Å². The fourth-order valence-electron chi connectivity index (χ4n) is 3.35. The lowest BCUT2D eigenvalue weighted by Gasteiger charge is -2.33. The van der Waals surface area contributed by atoms with Crippen LogP contribution in [0.5, 0.6) is 5.75 Å². The number of nitro benzene ring substituents is 1. The van der Waals surface area contributed by atoms with Crippen LogP contribution < -0.4 is 4.74 Å². The van der Waals surface area contributed by atoms with E-state index in [0.717, 1.165) is 0 Å². The molecule has 1 fully saturated rings. The molecule has 1 radical (unpaired) electrons. The predicted octanol–water partition coefficient (Wildman–Crippen LogP) is 2.77. The van der Waals surface area contributed by atoms with E-state index in [-0.39, 0.29) is 17.5 Å². The minimum atomic E-state index is -0.486. The van der Waals surface area contributed by atoms with Crippen LogP contribution in [0.25, 0.3) is 17.2 Å². The summed E-state index contributed by atoms with van der Waals surface area (Å²) in [4.78, 5) is 38.4. The lowest BCUT2D eigenvalue weighted by Crippen LogP contribution is -2.49. The Morgan fingerprint density at radius 3 is 2.30 bits per heavy atom. The molecule has 2 aromatic carbocycles. The number of rotatable bonds is 5. The largest absolute Gasteiger partial charge is 0.497 e. The van der Waals surface area contributed by atoms with Crippen LogP contribution in [0.15, 0.2) is 42.5 Å². The Hall–Kier alpha value is -3.68. The summed E-state index contributed by atoms with van der Waals surface area (Å²) in [6.07, 6.45) is 3.00. The number of benzene rings is 2. The highest BCUT2D eigenvalue weighted by molar-refractivity contribution is 5.94. The van der Waals surface area contributed by atoms with E-state index >= 15 is 0 Å². The highest BCUT2D eigenvalue weighted by Gasteiger charge is 2.22. The SMILES string of the molecule is COc1ccc(-c2c([N+](=O)[O-])[c]ccc2/C=C/C(=O)N2CCN(C(C)=O)CC2)cc1. The molecule has 155 valence electrons. The molecule has 2 amide bonds. The maximum atomic E-state index is 12.6. The van der Waals surface area contributed by atoms with Crippen LogP contribution in [0, 0.1) is 16.2 Å². The third-order valence-electron chi connectivity index (χ3n) is 5.01. The van der Waals surface area contributed by atoms with Crippen molar-refractivity contribution in [3.63, 3.8) is 0 Å². The normalized spacial score (nSPS) is 14.1. The highest BCUT2D eigenvalue weighted by Crippen LogP contribution is 2.34. The van der Waals surface area contributed by atoms with Gasteiger partial charge in [0.2, 0.25) is 11.8 Å². The fourth-order valence-corrected chi connectivity index (χ4v) is 3.35. The summed E-state index contributed by atoms with van der Waals surface area (Å²) in [6.45, 7) is 3.42. The van der Waals surface area contributed by atoms with Gasteiger partial charge in [0.25, 0.3) is 5.69 Å². The number of hydrogen-bond acceptors (Lipinski definition) is 5. The number of carbonyl (C=O) groups excluding carboxylic acids is 2. The van der Waals surface area contributed by atoms with Crippen molar-refractivity contribution >= 4 is 23.6 Å². The van der Waals surface area contributed by atoms with Gasteiger partial charge in [0.05, 0.1) is 23.7 Å². The maximum Gasteiger partial charge on any atom is 0.285 e. The number of hydrogen-bond donors (Lipinski definition) is 0. The number of nitro groups is 1. The minimum Gasteiger partial charge on any atom is -0.497 e. The highest BCUT2D eigenvalue weighted by atomic mass is 16.6. The van der Waals surface area contributed by atoms with E-state index in [1.54, 1.807) is 53.3 Å².